The van der Waals surface area contributed by atoms with Crippen LogP contribution in [0.15, 0.2) is 83.8 Å². The third-order valence-corrected chi connectivity index (χ3v) is 9.22. The van der Waals surface area contributed by atoms with Gasteiger partial charge in [-0.1, -0.05) is 54.2 Å². The van der Waals surface area contributed by atoms with Gasteiger partial charge in [0, 0.05) is 24.7 Å². The average Bonchev–Trinajstić information content (AvgIpc) is 3.06. The van der Waals surface area contributed by atoms with Crippen molar-refractivity contribution in [1.82, 2.24) is 0 Å². The molecule has 2 saturated heterocycles. The van der Waals surface area contributed by atoms with Gasteiger partial charge in [-0.25, -0.2) is 0 Å². The molecular weight excluding hydrogens is 608 g/mol. The Labute approximate surface area is 275 Å². The van der Waals surface area contributed by atoms with Crippen LogP contribution in [0.25, 0.3) is 0 Å². The Morgan fingerprint density at radius 1 is 0.739 bits per heavy atom. The molecule has 3 aromatic carbocycles. The number of hydrogen-bond donors (Lipinski definition) is 0. The van der Waals surface area contributed by atoms with E-state index in [9.17, 15) is 4.79 Å². The van der Waals surface area contributed by atoms with E-state index in [1.54, 1.807) is 26.0 Å². The summed E-state index contributed by atoms with van der Waals surface area (Å²) in [6, 6.07) is 25.7. The molecule has 248 valence electrons. The van der Waals surface area contributed by atoms with Gasteiger partial charge >= 0.3 is 5.97 Å². The Kier molecular flexibility index (Phi) is 12.4. The Balaban J connectivity index is 1.29. The molecule has 3 aromatic rings. The predicted octanol–water partition coefficient (Wildman–Crippen LogP) is 6.55. The van der Waals surface area contributed by atoms with Crippen molar-refractivity contribution < 1.29 is 42.7 Å². The van der Waals surface area contributed by atoms with Crippen molar-refractivity contribution in [2.24, 2.45) is 0 Å². The van der Waals surface area contributed by atoms with Crippen LogP contribution in [0, 0.1) is 0 Å². The highest BCUT2D eigenvalue weighted by Crippen LogP contribution is 2.37. The first-order chi connectivity index (χ1) is 22.3. The van der Waals surface area contributed by atoms with Crippen LogP contribution in [0.2, 0.25) is 0 Å². The lowest BCUT2D eigenvalue weighted by molar-refractivity contribution is -0.299. The van der Waals surface area contributed by atoms with Crippen LogP contribution in [0.1, 0.15) is 44.7 Å². The zero-order valence-electron chi connectivity index (χ0n) is 27.0. The molecule has 0 aromatic heterocycles. The van der Waals surface area contributed by atoms with Crippen LogP contribution in [0.3, 0.4) is 0 Å². The van der Waals surface area contributed by atoms with Gasteiger partial charge in [0.2, 0.25) is 0 Å². The van der Waals surface area contributed by atoms with Crippen molar-refractivity contribution in [1.29, 1.82) is 0 Å². The lowest BCUT2D eigenvalue weighted by Gasteiger charge is -2.44. The number of ether oxygens (including phenoxy) is 8. The quantitative estimate of drug-likeness (QED) is 0.189. The fourth-order valence-corrected chi connectivity index (χ4v) is 6.86. The van der Waals surface area contributed by atoms with E-state index in [0.29, 0.717) is 26.1 Å². The summed E-state index contributed by atoms with van der Waals surface area (Å²) in [5.74, 6) is 1.18. The maximum atomic E-state index is 12.0. The topological polar surface area (TPSA) is 90.9 Å². The van der Waals surface area contributed by atoms with Gasteiger partial charge in [0.05, 0.1) is 45.7 Å². The molecule has 0 aliphatic carbocycles. The SMILES string of the molecule is COc1ccc(CO[C@H]2C[C@H](O[C@@H]3[C@H](C)O[C@@H](Sc4ccccc4)C[C@@H]3OCc3ccc(OC)cc3)O[C@@H](C)[C@H]2OC(C)=O)cc1. The van der Waals surface area contributed by atoms with Crippen molar-refractivity contribution in [2.75, 3.05) is 14.2 Å². The van der Waals surface area contributed by atoms with E-state index in [4.69, 9.17) is 37.9 Å². The maximum absolute atomic E-state index is 12.0. The summed E-state index contributed by atoms with van der Waals surface area (Å²) in [4.78, 5) is 13.1. The monoisotopic (exact) mass is 652 g/mol. The van der Waals surface area contributed by atoms with Gasteiger partial charge in [0.25, 0.3) is 0 Å². The lowest BCUT2D eigenvalue weighted by atomic mass is 10.00. The fourth-order valence-electron chi connectivity index (χ4n) is 5.72. The van der Waals surface area contributed by atoms with Gasteiger partial charge < -0.3 is 37.9 Å². The van der Waals surface area contributed by atoms with Crippen LogP contribution < -0.4 is 9.47 Å². The average molecular weight is 653 g/mol. The molecule has 46 heavy (non-hydrogen) atoms. The Bertz CT molecular complexity index is 1350. The number of benzene rings is 3. The largest absolute Gasteiger partial charge is 0.497 e. The molecule has 2 aliphatic heterocycles. The second-order valence-electron chi connectivity index (χ2n) is 11.5. The summed E-state index contributed by atoms with van der Waals surface area (Å²) < 4.78 is 48.6. The standard InChI is InChI=1S/C36H44O9S/c1-23-35(44-25(3)37)31(40-21-26-11-15-28(38-4)16-12-26)19-33(42-23)45-36-24(2)43-34(46-30-9-7-6-8-10-30)20-32(36)41-22-27-13-17-29(39-5)18-14-27/h6-18,23-24,31-36H,19-22H2,1-5H3/t23-,24-,31-,32-,33-,34-,35+,36+/m0/s1. The van der Waals surface area contributed by atoms with Gasteiger partial charge in [0.1, 0.15) is 29.1 Å². The highest BCUT2D eigenvalue weighted by Gasteiger charge is 2.45. The van der Waals surface area contributed by atoms with Crippen molar-refractivity contribution in [2.45, 2.75) is 100 Å². The lowest BCUT2D eigenvalue weighted by Crippen LogP contribution is -2.55. The van der Waals surface area contributed by atoms with E-state index in [1.807, 2.05) is 80.6 Å². The van der Waals surface area contributed by atoms with Crippen LogP contribution in [-0.2, 0) is 46.4 Å². The molecule has 0 radical (unpaired) electrons. The number of carbonyl (C=O) groups excluding carboxylic acids is 1. The van der Waals surface area contributed by atoms with E-state index in [-0.39, 0.29) is 23.6 Å². The number of hydrogen-bond acceptors (Lipinski definition) is 10. The van der Waals surface area contributed by atoms with Crippen LogP contribution >= 0.6 is 11.8 Å². The Morgan fingerprint density at radius 3 is 1.83 bits per heavy atom. The number of rotatable bonds is 13. The molecule has 10 heteroatoms. The van der Waals surface area contributed by atoms with Crippen molar-refractivity contribution in [3.05, 3.63) is 90.0 Å². The van der Waals surface area contributed by atoms with Crippen molar-refractivity contribution in [3.63, 3.8) is 0 Å². The normalized spacial score (nSPS) is 27.9. The zero-order chi connectivity index (χ0) is 32.5. The molecule has 0 bridgehead atoms. The molecule has 2 fully saturated rings. The van der Waals surface area contributed by atoms with Crippen molar-refractivity contribution in [3.8, 4) is 11.5 Å². The molecule has 9 nitrogen and oxygen atoms in total. The number of esters is 1. The second-order valence-corrected chi connectivity index (χ2v) is 12.7. The summed E-state index contributed by atoms with van der Waals surface area (Å²) in [6.45, 7) is 6.02. The minimum Gasteiger partial charge on any atom is -0.497 e. The molecule has 2 aliphatic rings. The van der Waals surface area contributed by atoms with E-state index in [2.05, 4.69) is 12.1 Å². The third kappa shape index (κ3) is 9.47. The summed E-state index contributed by atoms with van der Waals surface area (Å²) in [7, 11) is 3.28. The Hall–Kier alpha value is -3.12. The van der Waals surface area contributed by atoms with E-state index >= 15 is 0 Å². The minimum atomic E-state index is -0.621. The summed E-state index contributed by atoms with van der Waals surface area (Å²) >= 11 is 1.68. The van der Waals surface area contributed by atoms with Gasteiger partial charge in [-0.3, -0.25) is 4.79 Å². The molecule has 0 unspecified atom stereocenters. The molecule has 5 rings (SSSR count). The molecular formula is C36H44O9S. The highest BCUT2D eigenvalue weighted by atomic mass is 32.2. The number of carbonyl (C=O) groups is 1. The molecule has 0 spiro atoms. The van der Waals surface area contributed by atoms with Crippen LogP contribution in [0.5, 0.6) is 11.5 Å². The smallest absolute Gasteiger partial charge is 0.303 e. The van der Waals surface area contributed by atoms with Gasteiger partial charge in [-0.15, -0.1) is 0 Å². The zero-order valence-corrected chi connectivity index (χ0v) is 27.9. The van der Waals surface area contributed by atoms with Gasteiger partial charge in [-0.05, 0) is 61.4 Å². The molecule has 0 saturated carbocycles. The first-order valence-electron chi connectivity index (χ1n) is 15.7. The summed E-state index contributed by atoms with van der Waals surface area (Å²) in [5.41, 5.74) is 1.89. The second kappa shape index (κ2) is 16.6. The maximum Gasteiger partial charge on any atom is 0.303 e. The molecule has 2 heterocycles. The third-order valence-electron chi connectivity index (χ3n) is 8.11. The fraction of sp³-hybridized carbons (Fsp3) is 0.472. The van der Waals surface area contributed by atoms with E-state index in [1.165, 1.54) is 6.92 Å². The minimum absolute atomic E-state index is 0.113. The Morgan fingerprint density at radius 2 is 1.28 bits per heavy atom. The van der Waals surface area contributed by atoms with Crippen LogP contribution in [0.4, 0.5) is 0 Å². The van der Waals surface area contributed by atoms with Gasteiger partial charge in [0.15, 0.2) is 12.4 Å². The summed E-state index contributed by atoms with van der Waals surface area (Å²) in [5, 5.41) is 0. The number of methoxy groups -OCH3 is 2. The van der Waals surface area contributed by atoms with Gasteiger partial charge in [-0.2, -0.15) is 0 Å². The first kappa shape index (κ1) is 34.2. The molecule has 8 atom stereocenters. The first-order valence-corrected chi connectivity index (χ1v) is 16.5. The number of thioether (sulfide) groups is 1. The molecule has 0 amide bonds. The molecule has 0 N–H and O–H groups in total. The van der Waals surface area contributed by atoms with Crippen LogP contribution in [-0.4, -0.2) is 68.5 Å². The van der Waals surface area contributed by atoms with E-state index in [0.717, 1.165) is 27.5 Å². The van der Waals surface area contributed by atoms with Crippen molar-refractivity contribution >= 4 is 17.7 Å². The highest BCUT2D eigenvalue weighted by molar-refractivity contribution is 7.99. The predicted molar refractivity (Wildman–Crippen MR) is 174 cm³/mol. The van der Waals surface area contributed by atoms with E-state index < -0.39 is 30.7 Å². The summed E-state index contributed by atoms with van der Waals surface area (Å²) in [6.07, 6.45) is -2.06.